The SMILES string of the molecule is CN/C1=C(\NN)c2ccccc2N(C(=O)CCC(=O)NCCOCCOCCOCCOCCC(=O)N[C@H](CCCCNC(=O)COC2CCCCCC3=C2NNN3[C@@H]2O[C@H](CO)[C@H](O)[C@H](O)[C@H]2O)C(=O)N[C@H](C(=O)C[C@@H](C)C(=O)Nc2ccc3c(c2)[C@@]2(C)CCC[C@](C)(C(=O)NC(=O)[C@@]4(C)CCC[C@]5(C)c6cc(O)ccc6CC[C@@H]45)[C@@H]2CC3)C(C)C)Cc2ccccc21. The van der Waals surface area contributed by atoms with Gasteiger partial charge in [0.25, 0.3) is 0 Å². The number of unbranched alkanes of at least 4 members (excludes halogenated alkanes) is 1. The number of carbonyl (C=O) groups excluding carboxylic acids is 9. The third-order valence-corrected chi connectivity index (χ3v) is 28.3. The molecule has 4 aromatic carbocycles. The van der Waals surface area contributed by atoms with Crippen molar-refractivity contribution < 1.29 is 97.1 Å². The van der Waals surface area contributed by atoms with Gasteiger partial charge in [0.05, 0.1) is 111 Å². The van der Waals surface area contributed by atoms with Crippen LogP contribution in [0.3, 0.4) is 0 Å². The number of amides is 8. The molecule has 3 fully saturated rings. The van der Waals surface area contributed by atoms with Crippen molar-refractivity contribution in [1.29, 1.82) is 0 Å². The standard InChI is InChI=1S/C96H137N13O20/c1-58(2)81(72(112)52-59(3)88(120)101-63-31-27-60-29-33-75-93(4,67(60)53-63)38-18-40-95(75,6)91(122)104-92(123)96(7)41-19-39-94(5)68-54-64(111)32-28-61(68)30-34-76(94)96)103-89(121)69(23-16-17-42-99-79(115)57-128-73-26-11-9-10-25-71-84(73)106-107-109(71)90-87(119)86(118)85(117)74(56-110)129-90)102-78(114)37-44-124-46-48-126-50-51-127-49-47-125-45-43-100-77(113)35-36-80(116)108-55-62-20-12-13-21-65(62)82(98-8)83(105-97)66-22-14-15-24-70(66)108/h12-15,20-22,24,27-28,31-32,53-54,58-59,69,73-76,81,85-87,90,98,105-107,110-111,117-119H,9-11,16-19,23,25-26,29-30,33-52,55-57,97H2,1-8H3,(H,99,115)(H,100,113)(H,101,120)(H,102,114)(H,103,121)(H,104,122,123)/b83-82-/t59-,69-,73?,74-,75-,76-,81+,85+,86+,87-,90-,93-,94-,95+,96+/m1/s1. The van der Waals surface area contributed by atoms with E-state index < -0.39 is 107 Å². The average Bonchev–Trinajstić information content (AvgIpc) is 1.12. The number of hydrazine groups is 3. The number of phenolic OH excluding ortho intramolecular Hbond substituents is 1. The number of carbonyl (C=O) groups is 9. The predicted octanol–water partition coefficient (Wildman–Crippen LogP) is 6.30. The minimum absolute atomic E-state index is 0.00856. The van der Waals surface area contributed by atoms with Gasteiger partial charge < -0.3 is 102 Å². The highest BCUT2D eigenvalue weighted by Gasteiger charge is 2.59. The van der Waals surface area contributed by atoms with Crippen LogP contribution in [0.2, 0.25) is 0 Å². The maximum absolute atomic E-state index is 15.0. The summed E-state index contributed by atoms with van der Waals surface area (Å²) >= 11 is 0. The van der Waals surface area contributed by atoms with Crippen LogP contribution >= 0.6 is 0 Å². The molecule has 3 aliphatic heterocycles. The number of fused-ring (bicyclic) bond motifs is 8. The molecule has 8 aliphatic rings. The van der Waals surface area contributed by atoms with E-state index in [1.54, 1.807) is 31.7 Å². The number of hydrogen-bond donors (Lipinski definition) is 16. The summed E-state index contributed by atoms with van der Waals surface area (Å²) in [6.07, 6.45) is 3.97. The number of para-hydroxylation sites is 1. The van der Waals surface area contributed by atoms with E-state index in [2.05, 4.69) is 67.5 Å². The highest BCUT2D eigenvalue weighted by molar-refractivity contribution is 6.03. The number of aliphatic hydroxyl groups is 4. The van der Waals surface area contributed by atoms with E-state index in [1.165, 1.54) is 10.6 Å². The number of aromatic hydroxyl groups is 1. The van der Waals surface area contributed by atoms with Crippen LogP contribution in [0.25, 0.3) is 11.4 Å². The summed E-state index contributed by atoms with van der Waals surface area (Å²) in [5.74, 6) is 1.56. The first-order chi connectivity index (χ1) is 62.0. The second kappa shape index (κ2) is 45.1. The van der Waals surface area contributed by atoms with Crippen LogP contribution in [0, 0.1) is 34.5 Å². The fourth-order valence-electron chi connectivity index (χ4n) is 21.2. The molecule has 0 bridgehead atoms. The van der Waals surface area contributed by atoms with E-state index >= 15 is 0 Å². The van der Waals surface area contributed by atoms with Crippen LogP contribution in [0.5, 0.6) is 5.75 Å². The fourth-order valence-corrected chi connectivity index (χ4v) is 21.2. The lowest BCUT2D eigenvalue weighted by Crippen LogP contribution is -2.64. The molecule has 15 atom stereocenters. The van der Waals surface area contributed by atoms with Crippen molar-refractivity contribution in [2.45, 2.75) is 256 Å². The van der Waals surface area contributed by atoms with Crippen molar-refractivity contribution in [2.75, 3.05) is 96.4 Å². The van der Waals surface area contributed by atoms with E-state index in [0.717, 1.165) is 103 Å². The Morgan fingerprint density at radius 3 is 1.90 bits per heavy atom. The number of aryl methyl sites for hydroxylation is 2. The lowest BCUT2D eigenvalue weighted by Gasteiger charge is -2.56. The van der Waals surface area contributed by atoms with Crippen molar-refractivity contribution in [3.63, 3.8) is 0 Å². The summed E-state index contributed by atoms with van der Waals surface area (Å²) in [6.45, 7) is 15.1. The molecule has 17 N–H and O–H groups in total. The lowest BCUT2D eigenvalue weighted by molar-refractivity contribution is -0.266. The summed E-state index contributed by atoms with van der Waals surface area (Å²) < 4.78 is 34.8. The second-order valence-corrected chi connectivity index (χ2v) is 37.2. The van der Waals surface area contributed by atoms with E-state index in [9.17, 15) is 68.7 Å². The van der Waals surface area contributed by atoms with Crippen molar-refractivity contribution in [1.82, 2.24) is 53.3 Å². The number of imide groups is 1. The van der Waals surface area contributed by atoms with Crippen molar-refractivity contribution >= 4 is 75.8 Å². The predicted molar refractivity (Wildman–Crippen MR) is 482 cm³/mol. The number of ether oxygens (including phenoxy) is 6. The van der Waals surface area contributed by atoms with Gasteiger partial charge in [-0.25, -0.2) is 0 Å². The molecule has 0 aromatic heterocycles. The number of hydrogen-bond acceptors (Lipinski definition) is 26. The maximum atomic E-state index is 15.0. The number of aliphatic hydroxyl groups excluding tert-OH is 4. The van der Waals surface area contributed by atoms with Gasteiger partial charge in [0.2, 0.25) is 47.3 Å². The molecule has 1 unspecified atom stereocenters. The number of rotatable bonds is 41. The zero-order valence-electron chi connectivity index (χ0n) is 76.1. The Kier molecular flexibility index (Phi) is 34.4. The van der Waals surface area contributed by atoms with Gasteiger partial charge in [0.15, 0.2) is 12.0 Å². The monoisotopic (exact) mass is 1790 g/mol. The Morgan fingerprint density at radius 2 is 1.24 bits per heavy atom. The van der Waals surface area contributed by atoms with Crippen LogP contribution in [-0.4, -0.2) is 219 Å². The second-order valence-electron chi connectivity index (χ2n) is 37.2. The number of nitrogens with two attached hydrogens (primary N) is 1. The zero-order valence-corrected chi connectivity index (χ0v) is 76.1. The highest BCUT2D eigenvalue weighted by atomic mass is 16.6. The van der Waals surface area contributed by atoms with Crippen LogP contribution in [0.1, 0.15) is 216 Å². The number of nitrogens with zero attached hydrogens (tertiary/aromatic N) is 2. The molecule has 5 aliphatic carbocycles. The van der Waals surface area contributed by atoms with Gasteiger partial charge in [0.1, 0.15) is 48.9 Å². The quantitative estimate of drug-likeness (QED) is 0.0100. The van der Waals surface area contributed by atoms with Crippen LogP contribution in [-0.2, 0) is 102 Å². The van der Waals surface area contributed by atoms with Gasteiger partial charge in [-0.2, -0.15) is 0 Å². The van der Waals surface area contributed by atoms with E-state index in [-0.39, 0.29) is 157 Å². The number of allylic oxidation sites excluding steroid dienone is 1. The summed E-state index contributed by atoms with van der Waals surface area (Å²) in [5, 5.41) is 74.8. The first kappa shape index (κ1) is 98.5. The van der Waals surface area contributed by atoms with Crippen LogP contribution in [0.4, 0.5) is 11.4 Å². The Morgan fingerprint density at radius 1 is 0.612 bits per heavy atom. The van der Waals surface area contributed by atoms with Crippen LogP contribution in [0.15, 0.2) is 96.3 Å². The Balaban J connectivity index is 0.590. The molecule has 33 heteroatoms. The van der Waals surface area contributed by atoms with Gasteiger partial charge >= 0.3 is 0 Å². The first-order valence-electron chi connectivity index (χ1n) is 46.4. The Bertz CT molecular complexity index is 4680. The van der Waals surface area contributed by atoms with Gasteiger partial charge in [-0.1, -0.05) is 129 Å². The van der Waals surface area contributed by atoms with Crippen LogP contribution < -0.4 is 64.3 Å². The van der Waals surface area contributed by atoms with E-state index in [1.807, 2.05) is 99.8 Å². The molecule has 3 heterocycles. The third kappa shape index (κ3) is 23.2. The average molecular weight is 1790 g/mol. The maximum Gasteiger partial charge on any atom is 0.246 e. The molecule has 129 heavy (non-hydrogen) atoms. The number of Topliss-reactive ketones (excluding diaryl/α,β-unsaturated/α-hetero) is 1. The highest BCUT2D eigenvalue weighted by Crippen LogP contribution is 2.60. The Hall–Kier alpha value is -9.49. The van der Waals surface area contributed by atoms with Crippen molar-refractivity contribution in [3.05, 3.63) is 135 Å². The normalized spacial score (nSPS) is 26.5. The van der Waals surface area contributed by atoms with Crippen molar-refractivity contribution in [3.8, 4) is 5.75 Å². The van der Waals surface area contributed by atoms with Gasteiger partial charge in [-0.3, -0.25) is 59.3 Å². The molecule has 2 saturated carbocycles. The number of ketones is 1. The number of anilines is 2. The smallest absolute Gasteiger partial charge is 0.246 e. The topological polar surface area (TPSA) is 463 Å². The molecule has 8 amide bonds. The zero-order chi connectivity index (χ0) is 92.3. The number of benzene rings is 4. The summed E-state index contributed by atoms with van der Waals surface area (Å²) in [6, 6.07) is 24.6. The molecule has 706 valence electrons. The van der Waals surface area contributed by atoms with E-state index in [0.29, 0.717) is 80.0 Å². The molecule has 0 spiro atoms. The number of nitrogens with one attached hydrogen (secondary N) is 10. The first-order valence-corrected chi connectivity index (χ1v) is 46.4. The fraction of sp³-hybridized carbons (Fsp3) is 0.615. The lowest BCUT2D eigenvalue weighted by atomic mass is 9.49. The molecular formula is C96H137N13O20. The van der Waals surface area contributed by atoms with Gasteiger partial charge in [0, 0.05) is 68.6 Å². The summed E-state index contributed by atoms with van der Waals surface area (Å²) in [7, 11) is 1.82. The number of phenols is 1. The molecule has 4 aromatic rings. The van der Waals surface area contributed by atoms with Gasteiger partial charge in [-0.15, -0.1) is 5.53 Å². The minimum Gasteiger partial charge on any atom is -0.508 e. The minimum atomic E-state index is -1.60. The molecule has 0 radical (unpaired) electrons. The largest absolute Gasteiger partial charge is 0.508 e. The summed E-state index contributed by atoms with van der Waals surface area (Å²) in [5.41, 5.74) is 17.4. The van der Waals surface area contributed by atoms with E-state index in [4.69, 9.17) is 34.3 Å². The molecular weight excluding hydrogens is 1660 g/mol. The molecule has 33 nitrogen and oxygen atoms in total. The summed E-state index contributed by atoms with van der Waals surface area (Å²) in [4.78, 5) is 129. The molecule has 12 rings (SSSR count). The third-order valence-electron chi connectivity index (χ3n) is 28.3. The Labute approximate surface area is 756 Å². The molecule has 1 saturated heterocycles. The van der Waals surface area contributed by atoms with Gasteiger partial charge in [-0.05, 0) is 177 Å². The van der Waals surface area contributed by atoms with Crippen molar-refractivity contribution in [2.24, 2.45) is 40.3 Å².